The van der Waals surface area contributed by atoms with Crippen LogP contribution in [0.25, 0.3) is 5.69 Å². The zero-order valence-electron chi connectivity index (χ0n) is 13.8. The van der Waals surface area contributed by atoms with Gasteiger partial charge in [-0.2, -0.15) is 0 Å². The number of halogens is 1. The van der Waals surface area contributed by atoms with Crippen molar-refractivity contribution >= 4 is 17.6 Å². The average molecular weight is 344 g/mol. The van der Waals surface area contributed by atoms with Gasteiger partial charge < -0.3 is 10.1 Å². The standard InChI is InChI=1S/C18H17FN2O4/c1-18(17(24)25-2)10-12(18)16(23)20-14-7-6-11(9-13(14)19)21-8-4-3-5-15(21)22/h3-9,12H,10H2,1-2H3,(H,20,23). The minimum Gasteiger partial charge on any atom is -0.469 e. The lowest BCUT2D eigenvalue weighted by Gasteiger charge is -2.11. The lowest BCUT2D eigenvalue weighted by Crippen LogP contribution is -2.23. The van der Waals surface area contributed by atoms with Crippen LogP contribution in [0, 0.1) is 17.2 Å². The molecule has 2 atom stereocenters. The monoisotopic (exact) mass is 344 g/mol. The van der Waals surface area contributed by atoms with Crippen LogP contribution in [0.1, 0.15) is 13.3 Å². The molecule has 6 nitrogen and oxygen atoms in total. The van der Waals surface area contributed by atoms with E-state index in [1.54, 1.807) is 19.1 Å². The number of esters is 1. The molecule has 1 aliphatic rings. The van der Waals surface area contributed by atoms with Crippen molar-refractivity contribution in [1.82, 2.24) is 4.57 Å². The highest BCUT2D eigenvalue weighted by Crippen LogP contribution is 2.53. The number of carbonyl (C=O) groups is 2. The highest BCUT2D eigenvalue weighted by Gasteiger charge is 2.61. The van der Waals surface area contributed by atoms with E-state index in [0.29, 0.717) is 12.1 Å². The molecule has 3 rings (SSSR count). The Morgan fingerprint density at radius 3 is 2.72 bits per heavy atom. The summed E-state index contributed by atoms with van der Waals surface area (Å²) in [5.41, 5.74) is -0.790. The fourth-order valence-electron chi connectivity index (χ4n) is 2.82. The number of methoxy groups -OCH3 is 1. The number of aromatic nitrogens is 1. The first-order valence-electron chi connectivity index (χ1n) is 7.74. The van der Waals surface area contributed by atoms with Gasteiger partial charge in [0, 0.05) is 18.3 Å². The smallest absolute Gasteiger partial charge is 0.312 e. The SMILES string of the molecule is COC(=O)C1(C)CC1C(=O)Nc1ccc(-n2ccccc2=O)cc1F. The Hall–Kier alpha value is -2.96. The van der Waals surface area contributed by atoms with Crippen molar-refractivity contribution in [2.45, 2.75) is 13.3 Å². The zero-order chi connectivity index (χ0) is 18.2. The molecule has 25 heavy (non-hydrogen) atoms. The van der Waals surface area contributed by atoms with E-state index in [9.17, 15) is 18.8 Å². The van der Waals surface area contributed by atoms with Crippen LogP contribution >= 0.6 is 0 Å². The molecule has 0 saturated heterocycles. The van der Waals surface area contributed by atoms with Crippen LogP contribution in [0.4, 0.5) is 10.1 Å². The van der Waals surface area contributed by atoms with Crippen molar-refractivity contribution in [2.75, 3.05) is 12.4 Å². The highest BCUT2D eigenvalue weighted by atomic mass is 19.1. The van der Waals surface area contributed by atoms with Crippen molar-refractivity contribution in [3.63, 3.8) is 0 Å². The van der Waals surface area contributed by atoms with E-state index in [1.165, 1.54) is 42.1 Å². The number of benzene rings is 1. The fraction of sp³-hybridized carbons (Fsp3) is 0.278. The van der Waals surface area contributed by atoms with Gasteiger partial charge in [-0.1, -0.05) is 6.07 Å². The molecule has 7 heteroatoms. The summed E-state index contributed by atoms with van der Waals surface area (Å²) < 4.78 is 20.3. The second-order valence-corrected chi connectivity index (χ2v) is 6.23. The zero-order valence-corrected chi connectivity index (χ0v) is 13.8. The molecule has 1 aromatic heterocycles. The van der Waals surface area contributed by atoms with E-state index in [-0.39, 0.29) is 11.2 Å². The van der Waals surface area contributed by atoms with Gasteiger partial charge in [-0.25, -0.2) is 4.39 Å². The van der Waals surface area contributed by atoms with Crippen molar-refractivity contribution < 1.29 is 18.7 Å². The van der Waals surface area contributed by atoms with E-state index in [4.69, 9.17) is 0 Å². The Balaban J connectivity index is 1.77. The lowest BCUT2D eigenvalue weighted by molar-refractivity contribution is -0.147. The molecule has 1 aromatic carbocycles. The summed E-state index contributed by atoms with van der Waals surface area (Å²) in [5.74, 6) is -2.10. The Morgan fingerprint density at radius 2 is 2.08 bits per heavy atom. The normalized spacial score (nSPS) is 21.5. The van der Waals surface area contributed by atoms with Crippen LogP contribution < -0.4 is 10.9 Å². The predicted molar refractivity (Wildman–Crippen MR) is 88.9 cm³/mol. The van der Waals surface area contributed by atoms with Gasteiger partial charge in [-0.05, 0) is 31.5 Å². The molecule has 130 valence electrons. The molecule has 1 N–H and O–H groups in total. The molecule has 2 unspecified atom stereocenters. The minimum atomic E-state index is -0.855. The van der Waals surface area contributed by atoms with Gasteiger partial charge in [-0.15, -0.1) is 0 Å². The number of carbonyl (C=O) groups excluding carboxylic acids is 2. The highest BCUT2D eigenvalue weighted by molar-refractivity contribution is 6.00. The van der Waals surface area contributed by atoms with Gasteiger partial charge in [0.25, 0.3) is 5.56 Å². The maximum atomic E-state index is 14.3. The third-order valence-corrected chi connectivity index (χ3v) is 4.52. The van der Waals surface area contributed by atoms with Crippen LogP contribution in [0.15, 0.2) is 47.4 Å². The first-order valence-corrected chi connectivity index (χ1v) is 7.74. The van der Waals surface area contributed by atoms with Crippen LogP contribution in [0.3, 0.4) is 0 Å². The summed E-state index contributed by atoms with van der Waals surface area (Å²) in [4.78, 5) is 35.7. The molecule has 1 heterocycles. The van der Waals surface area contributed by atoms with Crippen molar-refractivity contribution in [3.05, 3.63) is 58.8 Å². The van der Waals surface area contributed by atoms with Gasteiger partial charge in [0.2, 0.25) is 5.91 Å². The number of pyridine rings is 1. The Labute approximate surface area is 143 Å². The molecule has 1 aliphatic carbocycles. The summed E-state index contributed by atoms with van der Waals surface area (Å²) in [5, 5.41) is 2.49. The largest absolute Gasteiger partial charge is 0.469 e. The number of anilines is 1. The second kappa shape index (κ2) is 6.16. The molecule has 0 spiro atoms. The van der Waals surface area contributed by atoms with E-state index >= 15 is 0 Å². The van der Waals surface area contributed by atoms with E-state index < -0.39 is 29.0 Å². The predicted octanol–water partition coefficient (Wildman–Crippen LogP) is 2.11. The molecule has 0 bridgehead atoms. The van der Waals surface area contributed by atoms with Crippen LogP contribution in [-0.2, 0) is 14.3 Å². The fourth-order valence-corrected chi connectivity index (χ4v) is 2.82. The average Bonchev–Trinajstić information content (AvgIpc) is 3.30. The van der Waals surface area contributed by atoms with Gasteiger partial charge in [0.1, 0.15) is 5.82 Å². The maximum absolute atomic E-state index is 14.3. The minimum absolute atomic E-state index is 0.00292. The summed E-state index contributed by atoms with van der Waals surface area (Å²) in [6, 6.07) is 8.72. The maximum Gasteiger partial charge on any atom is 0.312 e. The number of hydrogen-bond donors (Lipinski definition) is 1. The summed E-state index contributed by atoms with van der Waals surface area (Å²) in [6.07, 6.45) is 1.89. The van der Waals surface area contributed by atoms with E-state index in [2.05, 4.69) is 10.1 Å². The Bertz CT molecular complexity index is 908. The van der Waals surface area contributed by atoms with Gasteiger partial charge >= 0.3 is 5.97 Å². The van der Waals surface area contributed by atoms with Crippen molar-refractivity contribution in [1.29, 1.82) is 0 Å². The number of rotatable bonds is 4. The topological polar surface area (TPSA) is 77.4 Å². The molecular formula is C18H17FN2O4. The van der Waals surface area contributed by atoms with Gasteiger partial charge in [0.15, 0.2) is 0 Å². The summed E-state index contributed by atoms with van der Waals surface area (Å²) in [6.45, 7) is 1.64. The van der Waals surface area contributed by atoms with Crippen LogP contribution in [0.5, 0.6) is 0 Å². The summed E-state index contributed by atoms with van der Waals surface area (Å²) >= 11 is 0. The second-order valence-electron chi connectivity index (χ2n) is 6.23. The molecule has 1 saturated carbocycles. The molecule has 0 aliphatic heterocycles. The number of amides is 1. The molecule has 2 aromatic rings. The summed E-state index contributed by atoms with van der Waals surface area (Å²) in [7, 11) is 1.27. The van der Waals surface area contributed by atoms with E-state index in [1.807, 2.05) is 0 Å². The van der Waals surface area contributed by atoms with Crippen LogP contribution in [-0.4, -0.2) is 23.6 Å². The van der Waals surface area contributed by atoms with Crippen molar-refractivity contribution in [3.8, 4) is 5.69 Å². The molecule has 0 radical (unpaired) electrons. The first-order chi connectivity index (χ1) is 11.9. The Kier molecular flexibility index (Phi) is 4.16. The van der Waals surface area contributed by atoms with Crippen molar-refractivity contribution in [2.24, 2.45) is 11.3 Å². The molecule has 1 amide bonds. The molecule has 1 fully saturated rings. The third kappa shape index (κ3) is 3.05. The lowest BCUT2D eigenvalue weighted by atomic mass is 10.1. The van der Waals surface area contributed by atoms with Gasteiger partial charge in [0.05, 0.1) is 29.8 Å². The Morgan fingerprint density at radius 1 is 1.32 bits per heavy atom. The number of ether oxygens (including phenoxy) is 1. The number of hydrogen-bond acceptors (Lipinski definition) is 4. The number of nitrogens with zero attached hydrogens (tertiary/aromatic N) is 1. The first kappa shape index (κ1) is 16.9. The van der Waals surface area contributed by atoms with Gasteiger partial charge in [-0.3, -0.25) is 19.0 Å². The quantitative estimate of drug-likeness (QED) is 0.862. The van der Waals surface area contributed by atoms with E-state index in [0.717, 1.165) is 0 Å². The van der Waals surface area contributed by atoms with Crippen LogP contribution in [0.2, 0.25) is 0 Å². The number of nitrogens with one attached hydrogen (secondary N) is 1. The molecular weight excluding hydrogens is 327 g/mol. The third-order valence-electron chi connectivity index (χ3n) is 4.52.